The van der Waals surface area contributed by atoms with Crippen molar-refractivity contribution < 1.29 is 64.6 Å². The van der Waals surface area contributed by atoms with Crippen LogP contribution in [0.4, 0.5) is 0 Å². The molecule has 2 heterocycles. The highest BCUT2D eigenvalue weighted by atomic mass is 16.7. The summed E-state index contributed by atoms with van der Waals surface area (Å²) in [4.78, 5) is 13.4. The summed E-state index contributed by atoms with van der Waals surface area (Å²) in [6.45, 7) is 2.84. The van der Waals surface area contributed by atoms with Gasteiger partial charge in [-0.1, -0.05) is 396 Å². The topological polar surface area (TPSA) is 228 Å². The molecule has 14 heteroatoms. The number of rotatable bonds is 77. The summed E-state index contributed by atoms with van der Waals surface area (Å²) in [7, 11) is 0. The molecule has 2 aliphatic rings. The predicted octanol–water partition coefficient (Wildman–Crippen LogP) is 21.7. The Balaban J connectivity index is 1.56. The van der Waals surface area contributed by atoms with Crippen LogP contribution >= 0.6 is 0 Å². The highest BCUT2D eigenvalue weighted by Crippen LogP contribution is 2.31. The maximum atomic E-state index is 13.4. The van der Waals surface area contributed by atoms with Crippen molar-refractivity contribution in [2.45, 2.75) is 498 Å². The van der Waals surface area contributed by atoms with Crippen LogP contribution in [0.25, 0.3) is 0 Å². The zero-order valence-electron chi connectivity index (χ0n) is 67.5. The number of nitrogens with one attached hydrogen (secondary N) is 1. The first kappa shape index (κ1) is 98.0. The number of carbonyl (C=O) groups excluding carboxylic acids is 1. The van der Waals surface area contributed by atoms with Gasteiger partial charge in [0.1, 0.15) is 48.8 Å². The average Bonchev–Trinajstić information content (AvgIpc) is 0.789. The molecule has 12 atom stereocenters. The lowest BCUT2D eigenvalue weighted by atomic mass is 9.97. The SMILES string of the molecule is CCCCCCCCCC/C=C\CCCCCCCCCCCCCCCCCCCCCCCCCCCCCCCC(=O)NC(COC1OC(CO)C(OC2OC(CO)C(O)C(O)C2O)C(O)C1O)C(O)/C=C/CC/C=C/CC/C=C/CCCCCCCCCCCCCCCCCCCCC. The number of amides is 1. The Labute approximate surface area is 639 Å². The summed E-state index contributed by atoms with van der Waals surface area (Å²) in [6.07, 6.45) is 83.9. The van der Waals surface area contributed by atoms with Crippen LogP contribution in [0.2, 0.25) is 0 Å². The number of aliphatic hydroxyl groups excluding tert-OH is 8. The third kappa shape index (κ3) is 55.4. The van der Waals surface area contributed by atoms with E-state index < -0.39 is 86.8 Å². The Morgan fingerprint density at radius 3 is 0.942 bits per heavy atom. The van der Waals surface area contributed by atoms with Gasteiger partial charge in [-0.15, -0.1) is 0 Å². The van der Waals surface area contributed by atoms with Gasteiger partial charge in [-0.25, -0.2) is 0 Å². The largest absolute Gasteiger partial charge is 0.394 e. The number of unbranched alkanes of at least 4 members (excludes halogenated alkanes) is 58. The smallest absolute Gasteiger partial charge is 0.220 e. The van der Waals surface area contributed by atoms with Crippen LogP contribution in [0.3, 0.4) is 0 Å². The quantitative estimate of drug-likeness (QED) is 0.0204. The molecule has 0 radical (unpaired) electrons. The molecule has 1 amide bonds. The van der Waals surface area contributed by atoms with Gasteiger partial charge >= 0.3 is 0 Å². The van der Waals surface area contributed by atoms with E-state index in [4.69, 9.17) is 18.9 Å². The lowest BCUT2D eigenvalue weighted by Gasteiger charge is -2.46. The number of ether oxygens (including phenoxy) is 4. The second kappa shape index (κ2) is 73.7. The molecule has 612 valence electrons. The first-order valence-electron chi connectivity index (χ1n) is 44.9. The fourth-order valence-electron chi connectivity index (χ4n) is 14.9. The molecule has 2 aliphatic heterocycles. The van der Waals surface area contributed by atoms with Gasteiger partial charge in [0.25, 0.3) is 0 Å². The minimum absolute atomic E-state index is 0.245. The van der Waals surface area contributed by atoms with Gasteiger partial charge in [-0.05, 0) is 70.6 Å². The maximum absolute atomic E-state index is 13.4. The summed E-state index contributed by atoms with van der Waals surface area (Å²) < 4.78 is 22.9. The highest BCUT2D eigenvalue weighted by Gasteiger charge is 2.51. The van der Waals surface area contributed by atoms with E-state index in [1.807, 2.05) is 6.08 Å². The summed E-state index contributed by atoms with van der Waals surface area (Å²) >= 11 is 0. The van der Waals surface area contributed by atoms with Gasteiger partial charge in [-0.3, -0.25) is 4.79 Å². The third-order valence-electron chi connectivity index (χ3n) is 22.0. The fraction of sp³-hybridized carbons (Fsp3) is 0.900. The number of hydrogen-bond donors (Lipinski definition) is 9. The Morgan fingerprint density at radius 1 is 0.337 bits per heavy atom. The minimum Gasteiger partial charge on any atom is -0.394 e. The zero-order chi connectivity index (χ0) is 75.1. The molecule has 9 N–H and O–H groups in total. The van der Waals surface area contributed by atoms with E-state index in [9.17, 15) is 45.6 Å². The van der Waals surface area contributed by atoms with Gasteiger partial charge in [0.05, 0.1) is 32.0 Å². The van der Waals surface area contributed by atoms with Crippen molar-refractivity contribution in [1.82, 2.24) is 5.32 Å². The van der Waals surface area contributed by atoms with Crippen LogP contribution in [0.5, 0.6) is 0 Å². The van der Waals surface area contributed by atoms with Crippen LogP contribution in [0, 0.1) is 0 Å². The molecule has 2 fully saturated rings. The summed E-state index contributed by atoms with van der Waals surface area (Å²) in [5, 5.41) is 87.8. The fourth-order valence-corrected chi connectivity index (χ4v) is 14.9. The second-order valence-corrected chi connectivity index (χ2v) is 31.7. The van der Waals surface area contributed by atoms with E-state index in [1.54, 1.807) is 6.08 Å². The van der Waals surface area contributed by atoms with Crippen molar-refractivity contribution in [1.29, 1.82) is 0 Å². The molecule has 2 rings (SSSR count). The standard InChI is InChI=1S/C90H169NO13/c1-3-5-7-9-11-13-15-17-19-21-23-25-27-29-31-33-34-35-36-37-38-39-40-41-42-43-44-46-48-50-52-54-56-58-60-62-64-66-68-70-72-74-82(95)91-78(77-101-89-87(100)85(98)88(81(76-93)103-89)104-90-86(99)84(97)83(96)80(75-92)102-90)79(94)73-71-69-67-65-63-61-59-57-55-53-51-49-47-45-32-30-28-26-24-22-20-18-16-14-12-10-8-6-4-2/h21,23,55,57,63,65,71,73,78-81,83-90,92-94,96-100H,3-20,22,24-54,56,58-62,64,66-70,72,74-77H2,1-2H3,(H,91,95)/b23-21-,57-55+,65-63+,73-71+. The van der Waals surface area contributed by atoms with Crippen LogP contribution < -0.4 is 5.32 Å². The summed E-state index contributed by atoms with van der Waals surface area (Å²) in [5.74, 6) is -0.245. The van der Waals surface area contributed by atoms with Crippen LogP contribution in [-0.2, 0) is 23.7 Å². The molecule has 104 heavy (non-hydrogen) atoms. The molecule has 2 saturated heterocycles. The molecule has 0 aromatic rings. The van der Waals surface area contributed by atoms with Gasteiger partial charge in [0, 0.05) is 6.42 Å². The van der Waals surface area contributed by atoms with Crippen molar-refractivity contribution in [2.24, 2.45) is 0 Å². The lowest BCUT2D eigenvalue weighted by molar-refractivity contribution is -0.359. The van der Waals surface area contributed by atoms with Crippen molar-refractivity contribution >= 4 is 5.91 Å². The van der Waals surface area contributed by atoms with Crippen LogP contribution in [-0.4, -0.2) is 140 Å². The van der Waals surface area contributed by atoms with Crippen molar-refractivity contribution in [3.63, 3.8) is 0 Å². The summed E-state index contributed by atoms with van der Waals surface area (Å²) in [5.41, 5.74) is 0. The minimum atomic E-state index is -1.79. The molecule has 14 nitrogen and oxygen atoms in total. The van der Waals surface area contributed by atoms with Gasteiger partial charge in [-0.2, -0.15) is 0 Å². The maximum Gasteiger partial charge on any atom is 0.220 e. The van der Waals surface area contributed by atoms with Gasteiger partial charge < -0.3 is 65.1 Å². The van der Waals surface area contributed by atoms with E-state index in [0.717, 1.165) is 44.9 Å². The molecule has 0 aliphatic carbocycles. The number of carbonyl (C=O) groups is 1. The van der Waals surface area contributed by atoms with Crippen LogP contribution in [0.1, 0.15) is 425 Å². The average molecular weight is 1470 g/mol. The first-order valence-corrected chi connectivity index (χ1v) is 44.9. The van der Waals surface area contributed by atoms with E-state index >= 15 is 0 Å². The highest BCUT2D eigenvalue weighted by molar-refractivity contribution is 5.76. The molecule has 0 saturated carbocycles. The molecule has 0 bridgehead atoms. The first-order chi connectivity index (χ1) is 51.1. The number of aliphatic hydroxyl groups is 8. The Kier molecular flexibility index (Phi) is 69.5. The van der Waals surface area contributed by atoms with Gasteiger partial charge in [0.15, 0.2) is 12.6 Å². The molecule has 0 aromatic carbocycles. The molecule has 0 spiro atoms. The Bertz CT molecular complexity index is 1930. The molecular weight excluding hydrogens is 1300 g/mol. The number of hydrogen-bond acceptors (Lipinski definition) is 13. The normalized spacial score (nSPS) is 21.6. The van der Waals surface area contributed by atoms with E-state index in [2.05, 4.69) is 55.6 Å². The Hall–Kier alpha value is -2.05. The van der Waals surface area contributed by atoms with E-state index in [0.29, 0.717) is 12.8 Å². The van der Waals surface area contributed by atoms with Crippen molar-refractivity contribution in [3.05, 3.63) is 48.6 Å². The zero-order valence-corrected chi connectivity index (χ0v) is 67.5. The second-order valence-electron chi connectivity index (χ2n) is 31.7. The monoisotopic (exact) mass is 1470 g/mol. The molecule has 12 unspecified atom stereocenters. The predicted molar refractivity (Wildman–Crippen MR) is 434 cm³/mol. The summed E-state index contributed by atoms with van der Waals surface area (Å²) in [6, 6.07) is -0.940. The number of allylic oxidation sites excluding steroid dienone is 7. The lowest BCUT2D eigenvalue weighted by Crippen LogP contribution is -2.65. The third-order valence-corrected chi connectivity index (χ3v) is 22.0. The van der Waals surface area contributed by atoms with Crippen molar-refractivity contribution in [3.8, 4) is 0 Å². The molecular formula is C90H169NO13. The van der Waals surface area contributed by atoms with Crippen molar-refractivity contribution in [2.75, 3.05) is 19.8 Å². The molecule has 0 aromatic heterocycles. The van der Waals surface area contributed by atoms with E-state index in [-0.39, 0.29) is 18.9 Å². The Morgan fingerprint density at radius 2 is 0.615 bits per heavy atom. The van der Waals surface area contributed by atoms with Gasteiger partial charge in [0.2, 0.25) is 5.91 Å². The van der Waals surface area contributed by atoms with Crippen LogP contribution in [0.15, 0.2) is 48.6 Å². The van der Waals surface area contributed by atoms with E-state index in [1.165, 1.54) is 347 Å².